The number of fused-ring (bicyclic) bond motifs is 1. The third-order valence-electron chi connectivity index (χ3n) is 2.96. The summed E-state index contributed by atoms with van der Waals surface area (Å²) < 4.78 is 16.9. The van der Waals surface area contributed by atoms with Gasteiger partial charge in [0.25, 0.3) is 0 Å². The average Bonchev–Trinajstić information content (AvgIpc) is 2.42. The maximum atomic E-state index is 5.74. The Labute approximate surface area is 115 Å². The molecule has 4 heteroatoms. The molecule has 0 atom stereocenters. The van der Waals surface area contributed by atoms with Gasteiger partial charge in [0.1, 0.15) is 19.8 Å². The van der Waals surface area contributed by atoms with E-state index in [1.165, 1.54) is 6.42 Å². The van der Waals surface area contributed by atoms with Crippen LogP contribution in [0.1, 0.15) is 20.3 Å². The minimum absolute atomic E-state index is 0.583. The van der Waals surface area contributed by atoms with Gasteiger partial charge in [-0.15, -0.1) is 0 Å². The fourth-order valence-electron chi connectivity index (χ4n) is 1.91. The molecule has 0 saturated heterocycles. The van der Waals surface area contributed by atoms with Crippen LogP contribution in [-0.4, -0.2) is 32.9 Å². The van der Waals surface area contributed by atoms with E-state index in [1.54, 1.807) is 0 Å². The van der Waals surface area contributed by atoms with E-state index >= 15 is 0 Å². The molecule has 1 N–H and O–H groups in total. The molecule has 1 aromatic rings. The molecule has 0 amide bonds. The summed E-state index contributed by atoms with van der Waals surface area (Å²) in [4.78, 5) is 0. The van der Waals surface area contributed by atoms with E-state index in [0.717, 1.165) is 36.3 Å². The molecule has 1 aromatic carbocycles. The largest absolute Gasteiger partial charge is 0.488 e. The molecule has 106 valence electrons. The minimum atomic E-state index is 0.583. The first-order valence-corrected chi connectivity index (χ1v) is 6.99. The van der Waals surface area contributed by atoms with E-state index in [2.05, 4.69) is 19.2 Å². The monoisotopic (exact) mass is 265 g/mol. The van der Waals surface area contributed by atoms with Crippen molar-refractivity contribution in [3.63, 3.8) is 0 Å². The van der Waals surface area contributed by atoms with Gasteiger partial charge in [-0.1, -0.05) is 19.9 Å². The molecule has 19 heavy (non-hydrogen) atoms. The zero-order valence-electron chi connectivity index (χ0n) is 11.8. The second kappa shape index (κ2) is 7.24. The highest BCUT2D eigenvalue weighted by atomic mass is 16.6. The second-order valence-electron chi connectivity index (χ2n) is 5.06. The summed E-state index contributed by atoms with van der Waals surface area (Å²) in [6.07, 6.45) is 1.19. The normalized spacial score (nSPS) is 13.6. The van der Waals surface area contributed by atoms with Gasteiger partial charge in [0.15, 0.2) is 11.5 Å². The van der Waals surface area contributed by atoms with E-state index in [9.17, 15) is 0 Å². The van der Waals surface area contributed by atoms with Crippen LogP contribution in [-0.2, 0) is 0 Å². The molecular weight excluding hydrogens is 242 g/mol. The number of rotatable bonds is 7. The molecule has 0 unspecified atom stereocenters. The van der Waals surface area contributed by atoms with Gasteiger partial charge in [0.2, 0.25) is 5.75 Å². The van der Waals surface area contributed by atoms with Gasteiger partial charge >= 0.3 is 0 Å². The van der Waals surface area contributed by atoms with E-state index in [0.29, 0.717) is 19.8 Å². The molecule has 0 radical (unpaired) electrons. The van der Waals surface area contributed by atoms with E-state index in [4.69, 9.17) is 14.2 Å². The summed E-state index contributed by atoms with van der Waals surface area (Å²) in [5.41, 5.74) is 0. The Kier molecular flexibility index (Phi) is 5.33. The van der Waals surface area contributed by atoms with Crippen molar-refractivity contribution in [1.82, 2.24) is 5.32 Å². The summed E-state index contributed by atoms with van der Waals surface area (Å²) in [5, 5.41) is 3.37. The highest BCUT2D eigenvalue weighted by molar-refractivity contribution is 5.51. The van der Waals surface area contributed by atoms with Crippen molar-refractivity contribution in [3.8, 4) is 17.2 Å². The number of ether oxygens (including phenoxy) is 3. The van der Waals surface area contributed by atoms with Gasteiger partial charge in [-0.05, 0) is 31.0 Å². The van der Waals surface area contributed by atoms with Gasteiger partial charge in [0, 0.05) is 6.54 Å². The van der Waals surface area contributed by atoms with Crippen molar-refractivity contribution >= 4 is 0 Å². The van der Waals surface area contributed by atoms with Crippen LogP contribution in [0.2, 0.25) is 0 Å². The lowest BCUT2D eigenvalue weighted by Crippen LogP contribution is -2.23. The highest BCUT2D eigenvalue weighted by Gasteiger charge is 2.16. The molecule has 1 aliphatic heterocycles. The average molecular weight is 265 g/mol. The first-order chi connectivity index (χ1) is 9.27. The molecule has 0 fully saturated rings. The zero-order chi connectivity index (χ0) is 13.5. The molecule has 0 aromatic heterocycles. The van der Waals surface area contributed by atoms with E-state index in [-0.39, 0.29) is 0 Å². The van der Waals surface area contributed by atoms with Crippen molar-refractivity contribution in [1.29, 1.82) is 0 Å². The molecular formula is C15H23NO3. The molecule has 0 bridgehead atoms. The number of hydrogen-bond acceptors (Lipinski definition) is 4. The fraction of sp³-hybridized carbons (Fsp3) is 0.600. The number of hydrogen-bond donors (Lipinski definition) is 1. The van der Waals surface area contributed by atoms with Crippen molar-refractivity contribution in [2.24, 2.45) is 5.92 Å². The van der Waals surface area contributed by atoms with Crippen LogP contribution in [0.5, 0.6) is 17.2 Å². The Morgan fingerprint density at radius 3 is 2.89 bits per heavy atom. The molecule has 4 nitrogen and oxygen atoms in total. The van der Waals surface area contributed by atoms with Crippen LogP contribution < -0.4 is 19.5 Å². The summed E-state index contributed by atoms with van der Waals surface area (Å²) in [5.74, 6) is 3.01. The lowest BCUT2D eigenvalue weighted by molar-refractivity contribution is 0.162. The molecule has 2 rings (SSSR count). The van der Waals surface area contributed by atoms with Crippen LogP contribution >= 0.6 is 0 Å². The van der Waals surface area contributed by atoms with Gasteiger partial charge in [0.05, 0.1) is 0 Å². The van der Waals surface area contributed by atoms with E-state index in [1.807, 2.05) is 18.2 Å². The van der Waals surface area contributed by atoms with Crippen LogP contribution in [0, 0.1) is 5.92 Å². The first-order valence-electron chi connectivity index (χ1n) is 6.99. The lowest BCUT2D eigenvalue weighted by atomic mass is 10.1. The predicted octanol–water partition coefficient (Wildman–Crippen LogP) is 2.47. The Bertz CT molecular complexity index is 393. The van der Waals surface area contributed by atoms with Crippen LogP contribution in [0.15, 0.2) is 18.2 Å². The van der Waals surface area contributed by atoms with Gasteiger partial charge in [-0.3, -0.25) is 0 Å². The van der Waals surface area contributed by atoms with Crippen LogP contribution in [0.25, 0.3) is 0 Å². The van der Waals surface area contributed by atoms with Crippen molar-refractivity contribution in [2.45, 2.75) is 20.3 Å². The fourth-order valence-corrected chi connectivity index (χ4v) is 1.91. The highest BCUT2D eigenvalue weighted by Crippen LogP contribution is 2.38. The molecule has 0 saturated carbocycles. The van der Waals surface area contributed by atoms with Crippen LogP contribution in [0.3, 0.4) is 0 Å². The number of benzene rings is 1. The van der Waals surface area contributed by atoms with Gasteiger partial charge in [-0.25, -0.2) is 0 Å². The topological polar surface area (TPSA) is 39.7 Å². The smallest absolute Gasteiger partial charge is 0.203 e. The summed E-state index contributed by atoms with van der Waals surface area (Å²) in [7, 11) is 0. The zero-order valence-corrected chi connectivity index (χ0v) is 11.8. The summed E-state index contributed by atoms with van der Waals surface area (Å²) in [6.45, 7) is 8.16. The Morgan fingerprint density at radius 2 is 2.05 bits per heavy atom. The lowest BCUT2D eigenvalue weighted by Gasteiger charge is -2.20. The standard InChI is InChI=1S/C15H23NO3/c1-12(2)6-7-16-8-9-17-13-4-3-5-14-15(13)19-11-10-18-14/h3-5,12,16H,6-11H2,1-2H3. The van der Waals surface area contributed by atoms with E-state index < -0.39 is 0 Å². The molecule has 0 aliphatic carbocycles. The Morgan fingerprint density at radius 1 is 1.21 bits per heavy atom. The quantitative estimate of drug-likeness (QED) is 0.769. The third-order valence-corrected chi connectivity index (χ3v) is 2.96. The molecule has 0 spiro atoms. The maximum Gasteiger partial charge on any atom is 0.203 e. The van der Waals surface area contributed by atoms with Crippen molar-refractivity contribution in [2.75, 3.05) is 32.9 Å². The number of para-hydroxylation sites is 1. The Hall–Kier alpha value is -1.42. The SMILES string of the molecule is CC(C)CCNCCOc1cccc2c1OCCO2. The second-order valence-corrected chi connectivity index (χ2v) is 5.06. The minimum Gasteiger partial charge on any atom is -0.488 e. The van der Waals surface area contributed by atoms with Crippen molar-refractivity contribution < 1.29 is 14.2 Å². The molecule has 1 heterocycles. The van der Waals surface area contributed by atoms with Gasteiger partial charge in [-0.2, -0.15) is 0 Å². The van der Waals surface area contributed by atoms with Gasteiger partial charge < -0.3 is 19.5 Å². The third kappa shape index (κ3) is 4.31. The number of nitrogens with one attached hydrogen (secondary N) is 1. The summed E-state index contributed by atoms with van der Waals surface area (Å²) >= 11 is 0. The Balaban J connectivity index is 1.74. The predicted molar refractivity (Wildman–Crippen MR) is 75.3 cm³/mol. The van der Waals surface area contributed by atoms with Crippen molar-refractivity contribution in [3.05, 3.63) is 18.2 Å². The molecule has 1 aliphatic rings. The first kappa shape index (κ1) is 14.0. The maximum absolute atomic E-state index is 5.74. The summed E-state index contributed by atoms with van der Waals surface area (Å²) in [6, 6.07) is 5.75. The van der Waals surface area contributed by atoms with Crippen LogP contribution in [0.4, 0.5) is 0 Å².